The van der Waals surface area contributed by atoms with Gasteiger partial charge in [0, 0.05) is 12.1 Å². The summed E-state index contributed by atoms with van der Waals surface area (Å²) in [6.45, 7) is 0.0903. The molecular weight excluding hydrogens is 216 g/mol. The van der Waals surface area contributed by atoms with Gasteiger partial charge in [0.1, 0.15) is 0 Å². The number of rotatable bonds is 3. The molecule has 3 fully saturated rings. The van der Waals surface area contributed by atoms with Gasteiger partial charge in [-0.05, 0) is 32.1 Å². The Balaban J connectivity index is 1.63. The SMILES string of the molecule is O=C(NC1(CO)CCCC1)C1CC2CCC1N2. The number of aliphatic hydroxyl groups excluding tert-OH is 1. The van der Waals surface area contributed by atoms with Gasteiger partial charge in [0.05, 0.1) is 18.1 Å². The molecule has 0 aromatic carbocycles. The Kier molecular flexibility index (Phi) is 2.87. The number of hydrogen-bond acceptors (Lipinski definition) is 3. The number of hydrogen-bond donors (Lipinski definition) is 3. The Morgan fingerprint density at radius 3 is 2.65 bits per heavy atom. The van der Waals surface area contributed by atoms with Crippen molar-refractivity contribution in [2.24, 2.45) is 5.92 Å². The van der Waals surface area contributed by atoms with Gasteiger partial charge in [-0.15, -0.1) is 0 Å². The van der Waals surface area contributed by atoms with E-state index in [1.165, 1.54) is 6.42 Å². The molecule has 0 spiro atoms. The molecule has 2 heterocycles. The summed E-state index contributed by atoms with van der Waals surface area (Å²) in [4.78, 5) is 12.3. The first-order valence-corrected chi connectivity index (χ1v) is 6.91. The van der Waals surface area contributed by atoms with Crippen molar-refractivity contribution in [1.82, 2.24) is 10.6 Å². The van der Waals surface area contributed by atoms with Crippen LogP contribution in [0.2, 0.25) is 0 Å². The highest BCUT2D eigenvalue weighted by Crippen LogP contribution is 2.35. The second-order valence-electron chi connectivity index (χ2n) is 6.02. The van der Waals surface area contributed by atoms with E-state index < -0.39 is 0 Å². The number of carbonyl (C=O) groups is 1. The van der Waals surface area contributed by atoms with Crippen LogP contribution >= 0.6 is 0 Å². The molecular formula is C13H22N2O2. The van der Waals surface area contributed by atoms with E-state index in [9.17, 15) is 9.90 Å². The van der Waals surface area contributed by atoms with E-state index in [1.807, 2.05) is 0 Å². The van der Waals surface area contributed by atoms with Gasteiger partial charge in [0.15, 0.2) is 0 Å². The first kappa shape index (κ1) is 11.5. The fourth-order valence-electron chi connectivity index (χ4n) is 3.84. The summed E-state index contributed by atoms with van der Waals surface area (Å²) in [6.07, 6.45) is 7.45. The molecule has 3 unspecified atom stereocenters. The summed E-state index contributed by atoms with van der Waals surface area (Å²) < 4.78 is 0. The van der Waals surface area contributed by atoms with Crippen LogP contribution in [-0.4, -0.2) is 35.2 Å². The minimum atomic E-state index is -0.307. The molecule has 0 radical (unpaired) electrons. The first-order chi connectivity index (χ1) is 8.22. The molecule has 0 aromatic heterocycles. The predicted octanol–water partition coefficient (Wildman–Crippen LogP) is 0.548. The van der Waals surface area contributed by atoms with E-state index in [2.05, 4.69) is 10.6 Å². The van der Waals surface area contributed by atoms with Crippen molar-refractivity contribution in [1.29, 1.82) is 0 Å². The second kappa shape index (κ2) is 4.25. The lowest BCUT2D eigenvalue weighted by Gasteiger charge is -2.31. The van der Waals surface area contributed by atoms with Crippen molar-refractivity contribution >= 4 is 5.91 Å². The normalized spacial score (nSPS) is 38.5. The van der Waals surface area contributed by atoms with E-state index in [0.29, 0.717) is 12.1 Å². The smallest absolute Gasteiger partial charge is 0.225 e. The largest absolute Gasteiger partial charge is 0.394 e. The Bertz CT molecular complexity index is 313. The maximum absolute atomic E-state index is 12.3. The van der Waals surface area contributed by atoms with Crippen molar-refractivity contribution in [2.75, 3.05) is 6.61 Å². The lowest BCUT2D eigenvalue weighted by atomic mass is 9.87. The van der Waals surface area contributed by atoms with Crippen LogP contribution in [0.5, 0.6) is 0 Å². The molecule has 1 saturated carbocycles. The van der Waals surface area contributed by atoms with Gasteiger partial charge in [0.2, 0.25) is 5.91 Å². The molecule has 0 aromatic rings. The molecule has 3 aliphatic rings. The molecule has 3 atom stereocenters. The molecule has 1 amide bonds. The van der Waals surface area contributed by atoms with Gasteiger partial charge >= 0.3 is 0 Å². The number of carbonyl (C=O) groups excluding carboxylic acids is 1. The Morgan fingerprint density at radius 1 is 1.35 bits per heavy atom. The molecule has 2 aliphatic heterocycles. The van der Waals surface area contributed by atoms with E-state index in [4.69, 9.17) is 0 Å². The quantitative estimate of drug-likeness (QED) is 0.673. The zero-order valence-corrected chi connectivity index (χ0v) is 10.2. The van der Waals surface area contributed by atoms with Gasteiger partial charge in [-0.25, -0.2) is 0 Å². The highest BCUT2D eigenvalue weighted by Gasteiger charge is 2.45. The predicted molar refractivity (Wildman–Crippen MR) is 64.5 cm³/mol. The lowest BCUT2D eigenvalue weighted by molar-refractivity contribution is -0.128. The van der Waals surface area contributed by atoms with E-state index in [0.717, 1.165) is 38.5 Å². The molecule has 4 heteroatoms. The molecule has 17 heavy (non-hydrogen) atoms. The molecule has 96 valence electrons. The molecule has 3 N–H and O–H groups in total. The van der Waals surface area contributed by atoms with Gasteiger partial charge in [-0.3, -0.25) is 4.79 Å². The highest BCUT2D eigenvalue weighted by atomic mass is 16.3. The van der Waals surface area contributed by atoms with Gasteiger partial charge in [-0.1, -0.05) is 12.8 Å². The molecule has 4 nitrogen and oxygen atoms in total. The highest BCUT2D eigenvalue weighted by molar-refractivity contribution is 5.81. The standard InChI is InChI=1S/C13H22N2O2/c16-8-13(5-1-2-6-13)15-12(17)10-7-9-3-4-11(10)14-9/h9-11,14,16H,1-8H2,(H,15,17). The molecule has 3 rings (SSSR count). The van der Waals surface area contributed by atoms with Crippen LogP contribution in [0.25, 0.3) is 0 Å². The summed E-state index contributed by atoms with van der Waals surface area (Å²) in [7, 11) is 0. The summed E-state index contributed by atoms with van der Waals surface area (Å²) in [5, 5.41) is 16.1. The third-order valence-electron chi connectivity index (χ3n) is 4.89. The van der Waals surface area contributed by atoms with Crippen molar-refractivity contribution in [3.63, 3.8) is 0 Å². The molecule has 2 bridgehead atoms. The van der Waals surface area contributed by atoms with Gasteiger partial charge < -0.3 is 15.7 Å². The summed E-state index contributed by atoms with van der Waals surface area (Å²) >= 11 is 0. The topological polar surface area (TPSA) is 61.4 Å². The maximum atomic E-state index is 12.3. The Hall–Kier alpha value is -0.610. The van der Waals surface area contributed by atoms with Crippen LogP contribution in [0.3, 0.4) is 0 Å². The lowest BCUT2D eigenvalue weighted by Crippen LogP contribution is -2.52. The summed E-state index contributed by atoms with van der Waals surface area (Å²) in [5.74, 6) is 0.304. The second-order valence-corrected chi connectivity index (χ2v) is 6.02. The van der Waals surface area contributed by atoms with Gasteiger partial charge in [0.25, 0.3) is 0 Å². The molecule has 2 saturated heterocycles. The van der Waals surface area contributed by atoms with Crippen molar-refractivity contribution in [2.45, 2.75) is 62.6 Å². The van der Waals surface area contributed by atoms with Crippen molar-refractivity contribution in [3.8, 4) is 0 Å². The zero-order chi connectivity index (χ0) is 11.9. The fourth-order valence-corrected chi connectivity index (χ4v) is 3.84. The van der Waals surface area contributed by atoms with E-state index >= 15 is 0 Å². The average Bonchev–Trinajstić information content (AvgIpc) is 3.04. The Morgan fingerprint density at radius 2 is 2.12 bits per heavy atom. The van der Waals surface area contributed by atoms with Crippen LogP contribution in [-0.2, 0) is 4.79 Å². The molecule has 1 aliphatic carbocycles. The van der Waals surface area contributed by atoms with Crippen LogP contribution in [0.1, 0.15) is 44.9 Å². The summed E-state index contributed by atoms with van der Waals surface area (Å²) in [6, 6.07) is 0.946. The number of aliphatic hydroxyl groups is 1. The van der Waals surface area contributed by atoms with E-state index in [-0.39, 0.29) is 24.0 Å². The number of fused-ring (bicyclic) bond motifs is 2. The van der Waals surface area contributed by atoms with Crippen LogP contribution in [0.4, 0.5) is 0 Å². The minimum absolute atomic E-state index is 0.0903. The third kappa shape index (κ3) is 1.97. The summed E-state index contributed by atoms with van der Waals surface area (Å²) in [5.41, 5.74) is -0.307. The van der Waals surface area contributed by atoms with Crippen molar-refractivity contribution in [3.05, 3.63) is 0 Å². The number of nitrogens with one attached hydrogen (secondary N) is 2. The maximum Gasteiger partial charge on any atom is 0.225 e. The van der Waals surface area contributed by atoms with Gasteiger partial charge in [-0.2, -0.15) is 0 Å². The monoisotopic (exact) mass is 238 g/mol. The van der Waals surface area contributed by atoms with Crippen molar-refractivity contribution < 1.29 is 9.90 Å². The van der Waals surface area contributed by atoms with Crippen LogP contribution < -0.4 is 10.6 Å². The first-order valence-electron chi connectivity index (χ1n) is 6.91. The third-order valence-corrected chi connectivity index (χ3v) is 4.89. The van der Waals surface area contributed by atoms with Crippen LogP contribution in [0.15, 0.2) is 0 Å². The average molecular weight is 238 g/mol. The zero-order valence-electron chi connectivity index (χ0n) is 10.2. The minimum Gasteiger partial charge on any atom is -0.394 e. The Labute approximate surface area is 102 Å². The van der Waals surface area contributed by atoms with E-state index in [1.54, 1.807) is 0 Å². The number of amides is 1. The van der Waals surface area contributed by atoms with Crippen LogP contribution in [0, 0.1) is 5.92 Å². The fraction of sp³-hybridized carbons (Fsp3) is 0.923.